The molecule has 0 heterocycles. The summed E-state index contributed by atoms with van der Waals surface area (Å²) in [5.41, 5.74) is 1.39. The van der Waals surface area contributed by atoms with Gasteiger partial charge in [0.25, 0.3) is 0 Å². The van der Waals surface area contributed by atoms with Crippen molar-refractivity contribution in [2.45, 2.75) is 13.5 Å². The smallest absolute Gasteiger partial charge is 0.171 e. The van der Waals surface area contributed by atoms with E-state index in [1.54, 1.807) is 31.2 Å². The lowest BCUT2D eigenvalue weighted by Gasteiger charge is -2.14. The van der Waals surface area contributed by atoms with Crippen LogP contribution >= 0.6 is 0 Å². The van der Waals surface area contributed by atoms with Crippen LogP contribution in [0.4, 0.5) is 0 Å². The highest BCUT2D eigenvalue weighted by Crippen LogP contribution is 2.25. The fourth-order valence-corrected chi connectivity index (χ4v) is 2.18. The predicted molar refractivity (Wildman–Crippen MR) is 85.4 cm³/mol. The van der Waals surface area contributed by atoms with Crippen molar-refractivity contribution >= 4 is 5.78 Å². The van der Waals surface area contributed by atoms with Crippen molar-refractivity contribution in [2.24, 2.45) is 11.8 Å². The van der Waals surface area contributed by atoms with Crippen molar-refractivity contribution in [3.8, 4) is 17.9 Å². The normalized spacial score (nSPS) is 11.3. The number of nitrogens with zero attached hydrogens (tertiary/aromatic N) is 2. The van der Waals surface area contributed by atoms with Gasteiger partial charge in [0.2, 0.25) is 0 Å². The number of hydrogen-bond acceptors (Lipinski definition) is 4. The minimum Gasteiger partial charge on any atom is -0.488 e. The fourth-order valence-electron chi connectivity index (χ4n) is 2.18. The number of Topliss-reactive ketones (excluding diaryl/α,β-unsaturated/α-hetero) is 1. The van der Waals surface area contributed by atoms with Gasteiger partial charge in [-0.05, 0) is 17.7 Å². The maximum atomic E-state index is 12.6. The predicted octanol–water partition coefficient (Wildman–Crippen LogP) is 3.75. The number of carbonyl (C=O) groups excluding carboxylic acids is 1. The van der Waals surface area contributed by atoms with E-state index in [2.05, 4.69) is 0 Å². The molecule has 0 saturated carbocycles. The van der Waals surface area contributed by atoms with Crippen LogP contribution in [0, 0.1) is 34.5 Å². The van der Waals surface area contributed by atoms with Crippen LogP contribution in [0.3, 0.4) is 0 Å². The van der Waals surface area contributed by atoms with Crippen molar-refractivity contribution in [1.82, 2.24) is 0 Å². The Hall–Kier alpha value is -3.11. The van der Waals surface area contributed by atoms with E-state index >= 15 is 0 Å². The monoisotopic (exact) mass is 304 g/mol. The van der Waals surface area contributed by atoms with Gasteiger partial charge in [-0.15, -0.1) is 0 Å². The maximum Gasteiger partial charge on any atom is 0.171 e. The lowest BCUT2D eigenvalue weighted by atomic mass is 9.88. The fraction of sp³-hybridized carbons (Fsp3) is 0.211. The van der Waals surface area contributed by atoms with Crippen molar-refractivity contribution in [3.63, 3.8) is 0 Å². The third-order valence-electron chi connectivity index (χ3n) is 3.58. The molecule has 0 radical (unpaired) electrons. The lowest BCUT2D eigenvalue weighted by Crippen LogP contribution is -2.19. The van der Waals surface area contributed by atoms with Crippen molar-refractivity contribution < 1.29 is 9.53 Å². The Kier molecular flexibility index (Phi) is 5.50. The van der Waals surface area contributed by atoms with Crippen molar-refractivity contribution in [1.29, 1.82) is 10.5 Å². The van der Waals surface area contributed by atoms with E-state index in [1.165, 1.54) is 0 Å². The van der Waals surface area contributed by atoms with Gasteiger partial charge < -0.3 is 4.74 Å². The third-order valence-corrected chi connectivity index (χ3v) is 3.58. The molecule has 0 aromatic heterocycles. The first kappa shape index (κ1) is 16.3. The van der Waals surface area contributed by atoms with E-state index in [0.717, 1.165) is 5.56 Å². The second-order valence-corrected chi connectivity index (χ2v) is 5.16. The summed E-state index contributed by atoms with van der Waals surface area (Å²) >= 11 is 0. The summed E-state index contributed by atoms with van der Waals surface area (Å²) in [6.07, 6.45) is 0. The molecule has 0 fully saturated rings. The molecule has 0 aliphatic heterocycles. The minimum absolute atomic E-state index is 0.262. The zero-order valence-electron chi connectivity index (χ0n) is 12.8. The molecule has 2 aromatic carbocycles. The van der Waals surface area contributed by atoms with E-state index in [9.17, 15) is 4.79 Å². The average molecular weight is 304 g/mol. The van der Waals surface area contributed by atoms with Crippen LogP contribution in [0.25, 0.3) is 0 Å². The number of benzene rings is 2. The molecule has 23 heavy (non-hydrogen) atoms. The average Bonchev–Trinajstić information content (AvgIpc) is 2.61. The molecule has 2 rings (SSSR count). The summed E-state index contributed by atoms with van der Waals surface area (Å²) in [6, 6.07) is 20.3. The molecule has 0 amide bonds. The number of carbonyl (C=O) groups is 1. The van der Waals surface area contributed by atoms with Gasteiger partial charge in [0.15, 0.2) is 5.78 Å². The first-order valence-electron chi connectivity index (χ1n) is 7.26. The van der Waals surface area contributed by atoms with E-state index in [0.29, 0.717) is 17.9 Å². The maximum absolute atomic E-state index is 12.6. The number of nitriles is 2. The number of para-hydroxylation sites is 1. The van der Waals surface area contributed by atoms with Gasteiger partial charge in [0.05, 0.1) is 17.7 Å². The Morgan fingerprint density at radius 3 is 2.30 bits per heavy atom. The highest BCUT2D eigenvalue weighted by molar-refractivity contribution is 6.00. The summed E-state index contributed by atoms with van der Waals surface area (Å²) in [5, 5.41) is 17.9. The van der Waals surface area contributed by atoms with Crippen LogP contribution in [-0.2, 0) is 6.61 Å². The Labute approximate surface area is 135 Å². The Balaban J connectivity index is 2.19. The zero-order chi connectivity index (χ0) is 16.7. The van der Waals surface area contributed by atoms with Gasteiger partial charge in [-0.2, -0.15) is 10.5 Å². The van der Waals surface area contributed by atoms with Crippen molar-refractivity contribution in [3.05, 3.63) is 65.7 Å². The van der Waals surface area contributed by atoms with Gasteiger partial charge in [0, 0.05) is 5.92 Å². The molecule has 0 saturated heterocycles. The van der Waals surface area contributed by atoms with Gasteiger partial charge in [-0.3, -0.25) is 4.79 Å². The quantitative estimate of drug-likeness (QED) is 0.762. The topological polar surface area (TPSA) is 73.9 Å². The van der Waals surface area contributed by atoms with Crippen LogP contribution in [0.2, 0.25) is 0 Å². The van der Waals surface area contributed by atoms with Gasteiger partial charge in [-0.25, -0.2) is 0 Å². The second kappa shape index (κ2) is 7.77. The van der Waals surface area contributed by atoms with Crippen LogP contribution < -0.4 is 4.74 Å². The van der Waals surface area contributed by atoms with Crippen LogP contribution in [0.1, 0.15) is 22.8 Å². The summed E-state index contributed by atoms with van der Waals surface area (Å²) in [4.78, 5) is 12.6. The molecule has 0 spiro atoms. The lowest BCUT2D eigenvalue weighted by molar-refractivity contribution is 0.0913. The van der Waals surface area contributed by atoms with Crippen molar-refractivity contribution in [2.75, 3.05) is 0 Å². The molecule has 4 nitrogen and oxygen atoms in total. The molecular weight excluding hydrogens is 288 g/mol. The largest absolute Gasteiger partial charge is 0.488 e. The number of rotatable bonds is 6. The number of ether oxygens (including phenoxy) is 1. The molecular formula is C19H16N2O2. The Bertz CT molecular complexity index is 743. The summed E-state index contributed by atoms with van der Waals surface area (Å²) in [7, 11) is 0. The van der Waals surface area contributed by atoms with Crippen LogP contribution in [0.5, 0.6) is 5.75 Å². The van der Waals surface area contributed by atoms with Gasteiger partial charge in [-0.1, -0.05) is 49.4 Å². The van der Waals surface area contributed by atoms with Gasteiger partial charge >= 0.3 is 0 Å². The minimum atomic E-state index is -0.968. The first-order chi connectivity index (χ1) is 11.2. The third kappa shape index (κ3) is 3.96. The molecule has 0 aliphatic carbocycles. The molecule has 0 aliphatic rings. The summed E-state index contributed by atoms with van der Waals surface area (Å²) in [6.45, 7) is 1.94. The molecule has 1 unspecified atom stereocenters. The van der Waals surface area contributed by atoms with Crippen LogP contribution in [0.15, 0.2) is 54.6 Å². The van der Waals surface area contributed by atoms with Crippen LogP contribution in [-0.4, -0.2) is 5.78 Å². The standard InChI is InChI=1S/C19H16N2O2/c1-14(16(11-20)12-21)19(22)17-9-5-6-10-18(17)23-13-15-7-3-2-4-8-15/h2-10,14,16H,13H2,1H3. The summed E-state index contributed by atoms with van der Waals surface area (Å²) < 4.78 is 5.75. The van der Waals surface area contributed by atoms with E-state index in [-0.39, 0.29) is 5.78 Å². The first-order valence-corrected chi connectivity index (χ1v) is 7.26. The number of hydrogen-bond donors (Lipinski definition) is 0. The second-order valence-electron chi connectivity index (χ2n) is 5.16. The van der Waals surface area contributed by atoms with E-state index in [4.69, 9.17) is 15.3 Å². The zero-order valence-corrected chi connectivity index (χ0v) is 12.8. The molecule has 4 heteroatoms. The number of ketones is 1. The van der Waals surface area contributed by atoms with E-state index < -0.39 is 11.8 Å². The molecule has 114 valence electrons. The van der Waals surface area contributed by atoms with Gasteiger partial charge in [0.1, 0.15) is 18.3 Å². The molecule has 0 bridgehead atoms. The van der Waals surface area contributed by atoms with E-state index in [1.807, 2.05) is 42.5 Å². The molecule has 0 N–H and O–H groups in total. The summed E-state index contributed by atoms with van der Waals surface area (Å²) in [5.74, 6) is -1.47. The Morgan fingerprint density at radius 1 is 1.04 bits per heavy atom. The highest BCUT2D eigenvalue weighted by Gasteiger charge is 2.26. The highest BCUT2D eigenvalue weighted by atomic mass is 16.5. The molecule has 2 aromatic rings. The SMILES string of the molecule is CC(C(=O)c1ccccc1OCc1ccccc1)C(C#N)C#N. The molecule has 1 atom stereocenters. The Morgan fingerprint density at radius 2 is 1.65 bits per heavy atom.